The lowest BCUT2D eigenvalue weighted by molar-refractivity contribution is 0.198. The van der Waals surface area contributed by atoms with E-state index in [1.54, 1.807) is 0 Å². The smallest absolute Gasteiger partial charge is 0.193 e. The molecule has 0 unspecified atom stereocenters. The molecule has 1 fully saturated rings. The third-order valence-electron chi connectivity index (χ3n) is 3.27. The third-order valence-corrected chi connectivity index (χ3v) is 3.27. The Morgan fingerprint density at radius 2 is 1.29 bits per heavy atom. The van der Waals surface area contributed by atoms with Gasteiger partial charge in [-0.3, -0.25) is 0 Å². The van der Waals surface area contributed by atoms with E-state index in [2.05, 4.69) is 4.85 Å². The van der Waals surface area contributed by atoms with Gasteiger partial charge < -0.3 is 20.7 Å². The van der Waals surface area contributed by atoms with Gasteiger partial charge in [0.25, 0.3) is 0 Å². The first-order chi connectivity index (χ1) is 12.8. The van der Waals surface area contributed by atoms with E-state index in [-0.39, 0.29) is 20.6 Å². The summed E-state index contributed by atoms with van der Waals surface area (Å²) in [5.74, 6) is -6.19. The molecule has 0 bridgehead atoms. The molecular weight excluding hydrogens is 379 g/mol. The lowest BCUT2D eigenvalue weighted by Crippen LogP contribution is -1.98. The van der Waals surface area contributed by atoms with Crippen LogP contribution in [0.3, 0.4) is 0 Å². The van der Waals surface area contributed by atoms with Crippen LogP contribution in [-0.2, 0) is 11.3 Å². The van der Waals surface area contributed by atoms with Gasteiger partial charge in [0.15, 0.2) is 40.5 Å². The minimum absolute atomic E-state index is 0. The van der Waals surface area contributed by atoms with Crippen molar-refractivity contribution in [3.05, 3.63) is 64.5 Å². The van der Waals surface area contributed by atoms with Gasteiger partial charge in [-0.25, -0.2) is 22.4 Å². The second kappa shape index (κ2) is 12.6. The summed E-state index contributed by atoms with van der Waals surface area (Å²) < 4.78 is 54.7. The number of benzene rings is 2. The fourth-order valence-corrected chi connectivity index (χ4v) is 1.86. The number of hydrogen-bond acceptors (Lipinski definition) is 4. The first kappa shape index (κ1) is 25.2. The zero-order valence-corrected chi connectivity index (χ0v) is 14.8. The fraction of sp³-hybridized carbons (Fsp3) is 0.278. The standard InChI is InChI=1S/C7H3F2NO.C7H7F2NO.C4H8O.B/c1-10-4-2-5(8)7(11)6(9)3-4;8-5-1-4(3-10)2-6(9)7(5)11;1-2-4-5-3-1;/h2-3,11H;1-2,11H,3,10H2;1-4H2;. The molecular formula is C18H18BF4N2O3. The summed E-state index contributed by atoms with van der Waals surface area (Å²) in [7, 11) is 0. The number of hydrogen-bond donors (Lipinski definition) is 3. The molecule has 1 heterocycles. The minimum Gasteiger partial charge on any atom is -0.503 e. The van der Waals surface area contributed by atoms with Crippen molar-refractivity contribution < 1.29 is 32.5 Å². The van der Waals surface area contributed by atoms with Crippen molar-refractivity contribution in [3.63, 3.8) is 0 Å². The summed E-state index contributed by atoms with van der Waals surface area (Å²) in [6.07, 6.45) is 2.56. The molecule has 0 aliphatic carbocycles. The molecule has 28 heavy (non-hydrogen) atoms. The van der Waals surface area contributed by atoms with Gasteiger partial charge in [0.1, 0.15) is 0 Å². The predicted octanol–water partition coefficient (Wildman–Crippen LogP) is 3.77. The molecule has 5 nitrogen and oxygen atoms in total. The first-order valence-corrected chi connectivity index (χ1v) is 7.80. The molecule has 1 aliphatic heterocycles. The molecule has 1 aliphatic rings. The Balaban J connectivity index is 0.000000408. The van der Waals surface area contributed by atoms with Crippen molar-refractivity contribution in [2.45, 2.75) is 19.4 Å². The van der Waals surface area contributed by atoms with Crippen molar-refractivity contribution >= 4 is 14.1 Å². The van der Waals surface area contributed by atoms with Crippen molar-refractivity contribution in [2.24, 2.45) is 5.73 Å². The third kappa shape index (κ3) is 7.86. The highest BCUT2D eigenvalue weighted by molar-refractivity contribution is 5.75. The van der Waals surface area contributed by atoms with Crippen LogP contribution in [0.2, 0.25) is 0 Å². The summed E-state index contributed by atoms with van der Waals surface area (Å²) >= 11 is 0. The van der Waals surface area contributed by atoms with Gasteiger partial charge in [0.05, 0.1) is 6.57 Å². The molecule has 4 N–H and O–H groups in total. The van der Waals surface area contributed by atoms with Gasteiger partial charge in [-0.1, -0.05) is 0 Å². The number of aromatic hydroxyl groups is 2. The summed E-state index contributed by atoms with van der Waals surface area (Å²) in [5, 5.41) is 17.2. The van der Waals surface area contributed by atoms with Gasteiger partial charge in [-0.2, -0.15) is 0 Å². The van der Waals surface area contributed by atoms with E-state index in [9.17, 15) is 17.6 Å². The highest BCUT2D eigenvalue weighted by Gasteiger charge is 2.08. The van der Waals surface area contributed by atoms with E-state index in [4.69, 9.17) is 27.3 Å². The van der Waals surface area contributed by atoms with Crippen LogP contribution in [0.15, 0.2) is 24.3 Å². The zero-order chi connectivity index (χ0) is 20.4. The number of ether oxygens (including phenoxy) is 1. The number of halogens is 4. The zero-order valence-electron chi connectivity index (χ0n) is 14.8. The van der Waals surface area contributed by atoms with Crippen LogP contribution in [-0.4, -0.2) is 31.8 Å². The lowest BCUT2D eigenvalue weighted by Gasteiger charge is -1.99. The molecule has 2 aromatic rings. The summed E-state index contributed by atoms with van der Waals surface area (Å²) in [5.41, 5.74) is 5.27. The Morgan fingerprint density at radius 1 is 0.893 bits per heavy atom. The maximum absolute atomic E-state index is 12.5. The van der Waals surface area contributed by atoms with Crippen molar-refractivity contribution in [3.8, 4) is 11.5 Å². The fourth-order valence-electron chi connectivity index (χ4n) is 1.86. The minimum atomic E-state index is -1.11. The monoisotopic (exact) mass is 397 g/mol. The number of nitrogens with two attached hydrogens (primary N) is 1. The van der Waals surface area contributed by atoms with Gasteiger partial charge in [-0.15, -0.1) is 0 Å². The Hall–Kier alpha value is -2.77. The van der Waals surface area contributed by atoms with Crippen LogP contribution in [0.5, 0.6) is 11.5 Å². The average Bonchev–Trinajstić information content (AvgIpc) is 3.23. The lowest BCUT2D eigenvalue weighted by atomic mass is 10.2. The predicted molar refractivity (Wildman–Crippen MR) is 96.0 cm³/mol. The number of phenolic OH excluding ortho intramolecular Hbond substituents is 2. The molecule has 0 saturated carbocycles. The van der Waals surface area contributed by atoms with E-state index in [1.165, 1.54) is 12.8 Å². The summed E-state index contributed by atoms with van der Waals surface area (Å²) in [4.78, 5) is 2.79. The number of nitrogens with zero attached hydrogens (tertiary/aromatic N) is 1. The summed E-state index contributed by atoms with van der Waals surface area (Å²) in [6.45, 7) is 8.47. The van der Waals surface area contributed by atoms with E-state index < -0.39 is 34.8 Å². The largest absolute Gasteiger partial charge is 0.503 e. The molecule has 0 spiro atoms. The molecule has 10 heteroatoms. The normalized spacial score (nSPS) is 11.9. The Labute approximate surface area is 161 Å². The highest BCUT2D eigenvalue weighted by Crippen LogP contribution is 2.25. The molecule has 1 saturated heterocycles. The Morgan fingerprint density at radius 3 is 1.57 bits per heavy atom. The Kier molecular flexibility index (Phi) is 11.3. The molecule has 0 amide bonds. The maximum atomic E-state index is 12.5. The molecule has 0 atom stereocenters. The van der Waals surface area contributed by atoms with Crippen LogP contribution in [0, 0.1) is 29.8 Å². The number of rotatable bonds is 1. The molecule has 149 valence electrons. The van der Waals surface area contributed by atoms with Crippen LogP contribution in [0.25, 0.3) is 4.85 Å². The quantitative estimate of drug-likeness (QED) is 0.389. The van der Waals surface area contributed by atoms with Crippen LogP contribution < -0.4 is 5.73 Å². The van der Waals surface area contributed by atoms with E-state index in [0.717, 1.165) is 37.5 Å². The van der Waals surface area contributed by atoms with Gasteiger partial charge in [0.2, 0.25) is 0 Å². The topological polar surface area (TPSA) is 80.1 Å². The maximum Gasteiger partial charge on any atom is 0.193 e. The average molecular weight is 397 g/mol. The van der Waals surface area contributed by atoms with Crippen molar-refractivity contribution in [1.29, 1.82) is 0 Å². The highest BCUT2D eigenvalue weighted by atomic mass is 19.1. The number of phenols is 2. The van der Waals surface area contributed by atoms with Crippen LogP contribution in [0.1, 0.15) is 18.4 Å². The molecule has 0 aromatic heterocycles. The van der Waals surface area contributed by atoms with E-state index in [1.807, 2.05) is 0 Å². The van der Waals surface area contributed by atoms with Gasteiger partial charge in [0, 0.05) is 28.2 Å². The SMILES string of the molecule is C1CCOC1.NCc1cc(F)c(O)c(F)c1.[B].[C-]#[N+]c1cc(F)c(O)c(F)c1. The molecule has 2 aromatic carbocycles. The van der Waals surface area contributed by atoms with Gasteiger partial charge in [-0.05, 0) is 42.7 Å². The van der Waals surface area contributed by atoms with Gasteiger partial charge >= 0.3 is 0 Å². The van der Waals surface area contributed by atoms with Crippen molar-refractivity contribution in [1.82, 2.24) is 0 Å². The van der Waals surface area contributed by atoms with E-state index in [0.29, 0.717) is 5.56 Å². The van der Waals surface area contributed by atoms with E-state index >= 15 is 0 Å². The first-order valence-electron chi connectivity index (χ1n) is 7.80. The second-order valence-corrected chi connectivity index (χ2v) is 5.30. The Bertz CT molecular complexity index is 758. The molecule has 3 radical (unpaired) electrons. The summed E-state index contributed by atoms with van der Waals surface area (Å²) in [6, 6.07) is 3.54. The van der Waals surface area contributed by atoms with Crippen molar-refractivity contribution in [2.75, 3.05) is 13.2 Å². The second-order valence-electron chi connectivity index (χ2n) is 5.30. The molecule has 3 rings (SSSR count). The van der Waals surface area contributed by atoms with Crippen LogP contribution in [0.4, 0.5) is 23.2 Å². The van der Waals surface area contributed by atoms with Crippen LogP contribution >= 0.6 is 0 Å².